The van der Waals surface area contributed by atoms with Crippen LogP contribution in [-0.2, 0) is 19.1 Å². The monoisotopic (exact) mass is 219 g/mol. The van der Waals surface area contributed by atoms with Crippen molar-refractivity contribution in [3.63, 3.8) is 0 Å². The van der Waals surface area contributed by atoms with Gasteiger partial charge in [-0.15, -0.1) is 0 Å². The van der Waals surface area contributed by atoms with Crippen molar-refractivity contribution >= 4 is 11.9 Å². The van der Waals surface area contributed by atoms with Crippen molar-refractivity contribution in [3.8, 4) is 0 Å². The highest BCUT2D eigenvalue weighted by Gasteiger charge is 2.31. The van der Waals surface area contributed by atoms with Crippen LogP contribution in [0.2, 0.25) is 0 Å². The molecule has 0 rings (SSSR count). The highest BCUT2D eigenvalue weighted by Crippen LogP contribution is 2.08. The second-order valence-electron chi connectivity index (χ2n) is 3.76. The van der Waals surface area contributed by atoms with Crippen LogP contribution in [0.15, 0.2) is 0 Å². The molecule has 6 heteroatoms. The van der Waals surface area contributed by atoms with E-state index < -0.39 is 29.6 Å². The minimum absolute atomic E-state index is 0.112. The Morgan fingerprint density at radius 2 is 1.73 bits per heavy atom. The van der Waals surface area contributed by atoms with Gasteiger partial charge in [-0.1, -0.05) is 0 Å². The van der Waals surface area contributed by atoms with Gasteiger partial charge in [0.2, 0.25) is 0 Å². The molecule has 15 heavy (non-hydrogen) atoms. The van der Waals surface area contributed by atoms with Crippen molar-refractivity contribution in [2.45, 2.75) is 38.4 Å². The van der Waals surface area contributed by atoms with E-state index in [1.807, 2.05) is 0 Å². The molecular weight excluding hydrogens is 200 g/mol. The van der Waals surface area contributed by atoms with Crippen LogP contribution < -0.4 is 11.5 Å². The molecule has 0 saturated carbocycles. The van der Waals surface area contributed by atoms with Gasteiger partial charge in [0.05, 0.1) is 7.11 Å². The predicted molar refractivity (Wildman–Crippen MR) is 53.8 cm³/mol. The van der Waals surface area contributed by atoms with Gasteiger partial charge in [-0.05, 0) is 20.7 Å². The molecule has 0 heterocycles. The largest absolute Gasteiger partial charge is 0.468 e. The Bertz CT molecular complexity index is 270. The minimum Gasteiger partial charge on any atom is -0.468 e. The van der Waals surface area contributed by atoms with E-state index in [0.717, 1.165) is 7.11 Å². The van der Waals surface area contributed by atoms with Crippen LogP contribution in [0.1, 0.15) is 22.1 Å². The quantitative estimate of drug-likeness (QED) is 0.599. The van der Waals surface area contributed by atoms with Crippen LogP contribution in [0.4, 0.5) is 0 Å². The lowest BCUT2D eigenvalue weighted by Crippen LogP contribution is -2.53. The van der Waals surface area contributed by atoms with Crippen molar-refractivity contribution in [2.24, 2.45) is 11.5 Å². The fourth-order valence-corrected chi connectivity index (χ4v) is 0.770. The molecule has 4 N–H and O–H groups in total. The summed E-state index contributed by atoms with van der Waals surface area (Å²) in [6.45, 7) is 3.02. The number of esters is 2. The number of hydrogen-bond acceptors (Lipinski definition) is 6. The summed E-state index contributed by atoms with van der Waals surface area (Å²) in [5.74, 6) is -1.61. The lowest BCUT2D eigenvalue weighted by atomic mass is 10.1. The number of carbonyl (C=O) groups excluding carboxylic acids is 2. The third kappa shape index (κ3) is 4.75. The summed E-state index contributed by atoms with van der Waals surface area (Å²) in [7, 11) is 1.15. The van der Waals surface area contributed by atoms with Gasteiger partial charge in [0.15, 0.2) is 0 Å². The van der Waals surface area contributed by atoms with Gasteiger partial charge in [0, 0.05) is 1.37 Å². The smallest absolute Gasteiger partial charge is 0.325 e. The van der Waals surface area contributed by atoms with Crippen molar-refractivity contribution in [3.05, 3.63) is 0 Å². The third-order valence-corrected chi connectivity index (χ3v) is 1.51. The summed E-state index contributed by atoms with van der Waals surface area (Å²) in [5.41, 5.74) is 9.87. The molecule has 0 aromatic rings. The first kappa shape index (κ1) is 11.9. The molecule has 0 amide bonds. The first-order valence-electron chi connectivity index (χ1n) is 5.07. The molecule has 6 nitrogen and oxygen atoms in total. The second kappa shape index (κ2) is 5.09. The summed E-state index contributed by atoms with van der Waals surface area (Å²) < 4.78 is 16.4. The molecule has 0 aromatic heterocycles. The first-order chi connectivity index (χ1) is 7.25. The van der Waals surface area contributed by atoms with E-state index in [2.05, 4.69) is 4.74 Å². The van der Waals surface area contributed by atoms with Crippen molar-refractivity contribution < 1.29 is 20.4 Å². The average Bonchev–Trinajstić information content (AvgIpc) is 2.25. The summed E-state index contributed by atoms with van der Waals surface area (Å²) in [5, 5.41) is 0. The maximum absolute atomic E-state index is 11.5. The van der Waals surface area contributed by atoms with Crippen molar-refractivity contribution in [1.82, 2.24) is 0 Å². The predicted octanol–water partition coefficient (Wildman–Crippen LogP) is -0.844. The molecule has 0 spiro atoms. The SMILES string of the molecule is [2H]CC(C)(C)OC(=O)C(N)C(N)C(=O)OC. The number of rotatable bonds is 3. The zero-order valence-electron chi connectivity index (χ0n) is 10.1. The summed E-state index contributed by atoms with van der Waals surface area (Å²) >= 11 is 0. The van der Waals surface area contributed by atoms with E-state index in [1.165, 1.54) is 0 Å². The van der Waals surface area contributed by atoms with Gasteiger partial charge >= 0.3 is 11.9 Å². The highest BCUT2D eigenvalue weighted by atomic mass is 16.6. The fourth-order valence-electron chi connectivity index (χ4n) is 0.770. The summed E-state index contributed by atoms with van der Waals surface area (Å²) in [6.07, 6.45) is 0. The topological polar surface area (TPSA) is 105 Å². The lowest BCUT2D eigenvalue weighted by molar-refractivity contribution is -0.160. The van der Waals surface area contributed by atoms with Crippen LogP contribution in [0.3, 0.4) is 0 Å². The molecule has 0 aliphatic heterocycles. The van der Waals surface area contributed by atoms with E-state index in [-0.39, 0.29) is 6.90 Å². The van der Waals surface area contributed by atoms with Crippen LogP contribution in [-0.4, -0.2) is 36.7 Å². The molecular formula is C9H18N2O4. The maximum atomic E-state index is 11.5. The molecule has 0 fully saturated rings. The molecule has 88 valence electrons. The van der Waals surface area contributed by atoms with Gasteiger partial charge in [-0.3, -0.25) is 9.59 Å². The van der Waals surface area contributed by atoms with E-state index in [1.54, 1.807) is 13.8 Å². The Morgan fingerprint density at radius 3 is 2.13 bits per heavy atom. The number of hydrogen-bond donors (Lipinski definition) is 2. The molecule has 0 saturated heterocycles. The number of carbonyl (C=O) groups is 2. The zero-order valence-corrected chi connectivity index (χ0v) is 9.15. The van der Waals surface area contributed by atoms with Gasteiger partial charge in [0.25, 0.3) is 0 Å². The zero-order chi connectivity index (χ0) is 12.9. The van der Waals surface area contributed by atoms with E-state index >= 15 is 0 Å². The number of nitrogens with two attached hydrogens (primary N) is 2. The molecule has 2 atom stereocenters. The van der Waals surface area contributed by atoms with E-state index in [9.17, 15) is 9.59 Å². The molecule has 2 unspecified atom stereocenters. The van der Waals surface area contributed by atoms with Gasteiger partial charge in [0.1, 0.15) is 17.7 Å². The lowest BCUT2D eigenvalue weighted by Gasteiger charge is -2.23. The minimum atomic E-state index is -1.29. The number of methoxy groups -OCH3 is 1. The number of ether oxygens (including phenoxy) is 2. The standard InChI is InChI=1S/C9H18N2O4/c1-9(2,3)15-8(13)6(11)5(10)7(12)14-4/h5-6H,10-11H2,1-4H3/i1D. The van der Waals surface area contributed by atoms with Crippen LogP contribution in [0.5, 0.6) is 0 Å². The first-order valence-corrected chi connectivity index (χ1v) is 4.36. The van der Waals surface area contributed by atoms with Crippen LogP contribution in [0, 0.1) is 0 Å². The molecule has 0 aromatic carbocycles. The van der Waals surface area contributed by atoms with Crippen molar-refractivity contribution in [1.29, 1.82) is 0 Å². The van der Waals surface area contributed by atoms with Gasteiger partial charge < -0.3 is 20.9 Å². The second-order valence-corrected chi connectivity index (χ2v) is 3.76. The molecule has 0 radical (unpaired) electrons. The highest BCUT2D eigenvalue weighted by molar-refractivity contribution is 5.86. The normalized spacial score (nSPS) is 16.2. The van der Waals surface area contributed by atoms with Gasteiger partial charge in [-0.25, -0.2) is 0 Å². The Hall–Kier alpha value is -1.14. The Kier molecular flexibility index (Phi) is 4.05. The molecule has 0 bridgehead atoms. The third-order valence-electron chi connectivity index (χ3n) is 1.51. The summed E-state index contributed by atoms with van der Waals surface area (Å²) in [6, 6.07) is -2.56. The summed E-state index contributed by atoms with van der Waals surface area (Å²) in [4.78, 5) is 22.5. The van der Waals surface area contributed by atoms with Crippen LogP contribution >= 0.6 is 0 Å². The average molecular weight is 219 g/mol. The fraction of sp³-hybridized carbons (Fsp3) is 0.778. The van der Waals surface area contributed by atoms with Gasteiger partial charge in [-0.2, -0.15) is 0 Å². The van der Waals surface area contributed by atoms with Crippen molar-refractivity contribution in [2.75, 3.05) is 7.11 Å². The van der Waals surface area contributed by atoms with E-state index in [0.29, 0.717) is 0 Å². The Labute approximate surface area is 90.3 Å². The Balaban J connectivity index is 4.45. The molecule has 0 aliphatic rings. The van der Waals surface area contributed by atoms with E-state index in [4.69, 9.17) is 17.6 Å². The maximum Gasteiger partial charge on any atom is 0.325 e. The molecule has 0 aliphatic carbocycles. The Morgan fingerprint density at radius 1 is 1.27 bits per heavy atom. The van der Waals surface area contributed by atoms with Crippen LogP contribution in [0.25, 0.3) is 0 Å².